The van der Waals surface area contributed by atoms with E-state index in [4.69, 9.17) is 14.6 Å². The van der Waals surface area contributed by atoms with Gasteiger partial charge < -0.3 is 14.6 Å². The van der Waals surface area contributed by atoms with Gasteiger partial charge in [0.2, 0.25) is 0 Å². The summed E-state index contributed by atoms with van der Waals surface area (Å²) in [5.41, 5.74) is 0.124. The van der Waals surface area contributed by atoms with Crippen molar-refractivity contribution in [2.24, 2.45) is 0 Å². The van der Waals surface area contributed by atoms with Gasteiger partial charge in [0.1, 0.15) is 11.3 Å². The fourth-order valence-corrected chi connectivity index (χ4v) is 0.826. The Morgan fingerprint density at radius 3 is 2.91 bits per heavy atom. The lowest BCUT2D eigenvalue weighted by molar-refractivity contribution is 0.0694. The Hall–Kier alpha value is -1.29. The maximum absolute atomic E-state index is 10.4. The number of aliphatic hydroxyl groups excluding tert-OH is 1. The van der Waals surface area contributed by atoms with Gasteiger partial charge in [0.05, 0.1) is 12.9 Å². The van der Waals surface area contributed by atoms with E-state index in [0.717, 1.165) is 0 Å². The van der Waals surface area contributed by atoms with Crippen LogP contribution in [0, 0.1) is 0 Å². The van der Waals surface area contributed by atoms with E-state index >= 15 is 0 Å². The molecule has 4 nitrogen and oxygen atoms in total. The Kier molecular flexibility index (Phi) is 2.28. The fraction of sp³-hybridized carbons (Fsp3) is 0.286. The zero-order chi connectivity index (χ0) is 8.27. The van der Waals surface area contributed by atoms with Crippen LogP contribution in [0.15, 0.2) is 16.7 Å². The first-order valence-electron chi connectivity index (χ1n) is 3.16. The van der Waals surface area contributed by atoms with Crippen molar-refractivity contribution in [2.45, 2.75) is 6.42 Å². The normalized spacial score (nSPS) is 9.91. The van der Waals surface area contributed by atoms with E-state index in [2.05, 4.69) is 0 Å². The largest absolute Gasteiger partial charge is 0.478 e. The molecule has 0 saturated carbocycles. The van der Waals surface area contributed by atoms with Crippen LogP contribution in [0.4, 0.5) is 0 Å². The molecule has 0 aliphatic heterocycles. The molecule has 11 heavy (non-hydrogen) atoms. The van der Waals surface area contributed by atoms with Crippen LogP contribution in [0.3, 0.4) is 0 Å². The van der Waals surface area contributed by atoms with Gasteiger partial charge in [0, 0.05) is 6.42 Å². The first-order valence-corrected chi connectivity index (χ1v) is 3.16. The summed E-state index contributed by atoms with van der Waals surface area (Å²) >= 11 is 0. The lowest BCUT2D eigenvalue weighted by Crippen LogP contribution is -2.00. The predicted molar refractivity (Wildman–Crippen MR) is 36.5 cm³/mol. The molecule has 1 rings (SSSR count). The van der Waals surface area contributed by atoms with E-state index in [-0.39, 0.29) is 18.6 Å². The Morgan fingerprint density at radius 2 is 2.36 bits per heavy atom. The molecule has 60 valence electrons. The van der Waals surface area contributed by atoms with E-state index in [9.17, 15) is 4.79 Å². The van der Waals surface area contributed by atoms with Crippen molar-refractivity contribution in [2.75, 3.05) is 6.61 Å². The van der Waals surface area contributed by atoms with Crippen molar-refractivity contribution < 1.29 is 19.4 Å². The summed E-state index contributed by atoms with van der Waals surface area (Å²) in [4.78, 5) is 10.4. The summed E-state index contributed by atoms with van der Waals surface area (Å²) in [5.74, 6) is -0.706. The average Bonchev–Trinajstić information content (AvgIpc) is 2.36. The Labute approximate surface area is 63.1 Å². The minimum atomic E-state index is -1.03. The number of carboxylic acids is 1. The molecule has 0 radical (unpaired) electrons. The third-order valence-electron chi connectivity index (χ3n) is 1.31. The third kappa shape index (κ3) is 1.59. The van der Waals surface area contributed by atoms with Crippen LogP contribution in [-0.2, 0) is 6.42 Å². The molecule has 0 atom stereocenters. The third-order valence-corrected chi connectivity index (χ3v) is 1.31. The van der Waals surface area contributed by atoms with E-state index in [1.165, 1.54) is 12.3 Å². The zero-order valence-electron chi connectivity index (χ0n) is 5.78. The molecule has 4 heteroatoms. The Morgan fingerprint density at radius 1 is 1.64 bits per heavy atom. The van der Waals surface area contributed by atoms with Gasteiger partial charge in [-0.1, -0.05) is 0 Å². The number of carboxylic acid groups (broad SMARTS) is 1. The van der Waals surface area contributed by atoms with Crippen LogP contribution in [-0.4, -0.2) is 22.8 Å². The molecule has 0 aromatic carbocycles. The van der Waals surface area contributed by atoms with Crippen molar-refractivity contribution in [1.29, 1.82) is 0 Å². The molecule has 0 saturated heterocycles. The first kappa shape index (κ1) is 7.81. The lowest BCUT2D eigenvalue weighted by Gasteiger charge is -1.93. The zero-order valence-corrected chi connectivity index (χ0v) is 5.78. The minimum absolute atomic E-state index is 0.103. The Balaban J connectivity index is 2.87. The number of rotatable bonds is 3. The topological polar surface area (TPSA) is 70.7 Å². The molecule has 0 amide bonds. The van der Waals surface area contributed by atoms with Gasteiger partial charge >= 0.3 is 5.97 Å². The standard InChI is InChI=1S/C7H8O4/c8-3-1-6-5(7(9)10)2-4-11-6/h2,4,8H,1,3H2,(H,9,10). The quantitative estimate of drug-likeness (QED) is 0.669. The van der Waals surface area contributed by atoms with Crippen LogP contribution in [0.5, 0.6) is 0 Å². The average molecular weight is 156 g/mol. The van der Waals surface area contributed by atoms with Crippen LogP contribution in [0.1, 0.15) is 16.1 Å². The van der Waals surface area contributed by atoms with Crippen molar-refractivity contribution in [3.63, 3.8) is 0 Å². The molecule has 0 bridgehead atoms. The smallest absolute Gasteiger partial charge is 0.339 e. The molecule has 0 aliphatic rings. The fourth-order valence-electron chi connectivity index (χ4n) is 0.826. The predicted octanol–water partition coefficient (Wildman–Crippen LogP) is 0.513. The number of aliphatic hydroxyl groups is 1. The van der Waals surface area contributed by atoms with Crippen LogP contribution < -0.4 is 0 Å². The summed E-state index contributed by atoms with van der Waals surface area (Å²) in [6.45, 7) is -0.103. The van der Waals surface area contributed by atoms with E-state index in [1.54, 1.807) is 0 Å². The number of hydrogen-bond acceptors (Lipinski definition) is 3. The summed E-state index contributed by atoms with van der Waals surface area (Å²) in [6, 6.07) is 1.37. The maximum Gasteiger partial charge on any atom is 0.339 e. The highest BCUT2D eigenvalue weighted by Gasteiger charge is 2.11. The lowest BCUT2D eigenvalue weighted by atomic mass is 10.2. The SMILES string of the molecule is O=C(O)c1ccoc1CCO. The summed E-state index contributed by atoms with van der Waals surface area (Å²) in [7, 11) is 0. The second kappa shape index (κ2) is 3.21. The van der Waals surface area contributed by atoms with E-state index < -0.39 is 5.97 Å². The van der Waals surface area contributed by atoms with Gasteiger partial charge in [-0.3, -0.25) is 0 Å². The summed E-state index contributed by atoms with van der Waals surface area (Å²) in [6.07, 6.45) is 1.54. The van der Waals surface area contributed by atoms with E-state index in [0.29, 0.717) is 5.76 Å². The minimum Gasteiger partial charge on any atom is -0.478 e. The van der Waals surface area contributed by atoms with Gasteiger partial charge in [-0.15, -0.1) is 0 Å². The van der Waals surface area contributed by atoms with Crippen molar-refractivity contribution >= 4 is 5.97 Å². The van der Waals surface area contributed by atoms with Crippen LogP contribution in [0.25, 0.3) is 0 Å². The molecule has 0 fully saturated rings. The second-order valence-electron chi connectivity index (χ2n) is 2.04. The van der Waals surface area contributed by atoms with Gasteiger partial charge in [-0.2, -0.15) is 0 Å². The summed E-state index contributed by atoms with van der Waals surface area (Å²) < 4.78 is 4.83. The summed E-state index contributed by atoms with van der Waals surface area (Å²) in [5, 5.41) is 17.0. The molecule has 0 aliphatic carbocycles. The van der Waals surface area contributed by atoms with E-state index in [1.807, 2.05) is 0 Å². The van der Waals surface area contributed by atoms with Gasteiger partial charge in [-0.05, 0) is 6.07 Å². The monoisotopic (exact) mass is 156 g/mol. The highest BCUT2D eigenvalue weighted by Crippen LogP contribution is 2.10. The molecule has 1 aromatic heterocycles. The van der Waals surface area contributed by atoms with Crippen molar-refractivity contribution in [3.05, 3.63) is 23.7 Å². The number of carbonyl (C=O) groups is 1. The molecule has 1 aromatic rings. The van der Waals surface area contributed by atoms with Crippen molar-refractivity contribution in [1.82, 2.24) is 0 Å². The molecular weight excluding hydrogens is 148 g/mol. The van der Waals surface area contributed by atoms with Crippen molar-refractivity contribution in [3.8, 4) is 0 Å². The number of hydrogen-bond donors (Lipinski definition) is 2. The molecule has 0 unspecified atom stereocenters. The van der Waals surface area contributed by atoms with Gasteiger partial charge in [0.15, 0.2) is 0 Å². The Bertz CT molecular complexity index is 251. The maximum atomic E-state index is 10.4. The number of aromatic carboxylic acids is 1. The highest BCUT2D eigenvalue weighted by molar-refractivity contribution is 5.88. The highest BCUT2D eigenvalue weighted by atomic mass is 16.4. The molecule has 1 heterocycles. The van der Waals surface area contributed by atoms with Crippen LogP contribution >= 0.6 is 0 Å². The second-order valence-corrected chi connectivity index (χ2v) is 2.04. The van der Waals surface area contributed by atoms with Gasteiger partial charge in [-0.25, -0.2) is 4.79 Å². The first-order chi connectivity index (χ1) is 5.25. The molecular formula is C7H8O4. The molecule has 2 N–H and O–H groups in total. The van der Waals surface area contributed by atoms with Gasteiger partial charge in [0.25, 0.3) is 0 Å². The van der Waals surface area contributed by atoms with Crippen LogP contribution in [0.2, 0.25) is 0 Å². The number of furan rings is 1. The molecule has 0 spiro atoms.